The van der Waals surface area contributed by atoms with E-state index in [1.807, 2.05) is 0 Å². The van der Waals surface area contributed by atoms with Gasteiger partial charge < -0.3 is 10.1 Å². The number of hydrogen-bond donors (Lipinski definition) is 1. The molecule has 1 aliphatic heterocycles. The Kier molecular flexibility index (Phi) is 4.69. The van der Waals surface area contributed by atoms with Gasteiger partial charge in [0.2, 0.25) is 0 Å². The lowest BCUT2D eigenvalue weighted by molar-refractivity contribution is 0.134. The summed E-state index contributed by atoms with van der Waals surface area (Å²) in [6.07, 6.45) is 2.01. The van der Waals surface area contributed by atoms with Crippen molar-refractivity contribution < 1.29 is 9.13 Å². The van der Waals surface area contributed by atoms with Gasteiger partial charge in [0.25, 0.3) is 0 Å². The number of fused-ring (bicyclic) bond motifs is 1. The molecule has 0 radical (unpaired) electrons. The van der Waals surface area contributed by atoms with Crippen LogP contribution in [0.4, 0.5) is 4.39 Å². The third-order valence-electron chi connectivity index (χ3n) is 4.18. The zero-order valence-electron chi connectivity index (χ0n) is 13.0. The fourth-order valence-electron chi connectivity index (χ4n) is 2.80. The molecule has 0 aliphatic carbocycles. The molecule has 1 aliphatic rings. The number of halogens is 1. The van der Waals surface area contributed by atoms with Crippen molar-refractivity contribution in [2.75, 3.05) is 13.1 Å². The zero-order valence-corrected chi connectivity index (χ0v) is 13.0. The Morgan fingerprint density at radius 1 is 1.40 bits per heavy atom. The SMILES string of the molecule is CCNCC(CC1Cc2cc(F)ccc2O1)C(C)(C)C. The molecule has 0 aromatic heterocycles. The Hall–Kier alpha value is -1.09. The van der Waals surface area contributed by atoms with Crippen molar-refractivity contribution in [3.05, 3.63) is 29.6 Å². The Morgan fingerprint density at radius 3 is 2.80 bits per heavy atom. The van der Waals surface area contributed by atoms with Crippen molar-refractivity contribution in [3.8, 4) is 5.75 Å². The quantitative estimate of drug-likeness (QED) is 0.885. The van der Waals surface area contributed by atoms with Crippen molar-refractivity contribution in [1.82, 2.24) is 5.32 Å². The third-order valence-corrected chi connectivity index (χ3v) is 4.18. The van der Waals surface area contributed by atoms with Crippen LogP contribution in [-0.2, 0) is 6.42 Å². The van der Waals surface area contributed by atoms with Gasteiger partial charge in [0.1, 0.15) is 17.7 Å². The maximum atomic E-state index is 13.2. The lowest BCUT2D eigenvalue weighted by Crippen LogP contribution is -2.35. The van der Waals surface area contributed by atoms with Gasteiger partial charge in [-0.3, -0.25) is 0 Å². The van der Waals surface area contributed by atoms with Gasteiger partial charge in [-0.2, -0.15) is 0 Å². The highest BCUT2D eigenvalue weighted by atomic mass is 19.1. The Balaban J connectivity index is 1.99. The summed E-state index contributed by atoms with van der Waals surface area (Å²) in [5, 5.41) is 3.44. The van der Waals surface area contributed by atoms with Crippen molar-refractivity contribution in [2.45, 2.75) is 46.6 Å². The van der Waals surface area contributed by atoms with Crippen LogP contribution in [-0.4, -0.2) is 19.2 Å². The molecule has 2 nitrogen and oxygen atoms in total. The van der Waals surface area contributed by atoms with Crippen molar-refractivity contribution in [2.24, 2.45) is 11.3 Å². The highest BCUT2D eigenvalue weighted by Crippen LogP contribution is 2.36. The number of hydrogen-bond acceptors (Lipinski definition) is 2. The number of ether oxygens (including phenoxy) is 1. The molecule has 0 spiro atoms. The molecule has 0 bridgehead atoms. The van der Waals surface area contributed by atoms with Crippen molar-refractivity contribution in [1.29, 1.82) is 0 Å². The van der Waals surface area contributed by atoms with E-state index in [2.05, 4.69) is 33.0 Å². The lowest BCUT2D eigenvalue weighted by atomic mass is 9.77. The third kappa shape index (κ3) is 3.72. The summed E-state index contributed by atoms with van der Waals surface area (Å²) in [6, 6.07) is 4.83. The summed E-state index contributed by atoms with van der Waals surface area (Å²) < 4.78 is 19.2. The fraction of sp³-hybridized carbons (Fsp3) is 0.647. The molecule has 0 saturated carbocycles. The van der Waals surface area contributed by atoms with E-state index >= 15 is 0 Å². The van der Waals surface area contributed by atoms with Gasteiger partial charge in [-0.1, -0.05) is 27.7 Å². The molecule has 2 unspecified atom stereocenters. The van der Waals surface area contributed by atoms with E-state index in [1.165, 1.54) is 6.07 Å². The monoisotopic (exact) mass is 279 g/mol. The molecule has 1 N–H and O–H groups in total. The van der Waals surface area contributed by atoms with Crippen LogP contribution in [0.5, 0.6) is 5.75 Å². The standard InChI is InChI=1S/C17H26FNO/c1-5-19-11-13(17(2,3)4)10-15-9-12-8-14(18)6-7-16(12)20-15/h6-8,13,15,19H,5,9-11H2,1-4H3. The Morgan fingerprint density at radius 2 is 2.15 bits per heavy atom. The maximum absolute atomic E-state index is 13.2. The molecule has 3 heteroatoms. The molecule has 2 atom stereocenters. The second-order valence-electron chi connectivity index (χ2n) is 6.80. The summed E-state index contributed by atoms with van der Waals surface area (Å²) in [5.74, 6) is 1.23. The zero-order chi connectivity index (χ0) is 14.8. The Labute approximate surface area is 121 Å². The van der Waals surface area contributed by atoms with Crippen LogP contribution >= 0.6 is 0 Å². The van der Waals surface area contributed by atoms with E-state index in [4.69, 9.17) is 4.74 Å². The van der Waals surface area contributed by atoms with Crippen LogP contribution < -0.4 is 10.1 Å². The van der Waals surface area contributed by atoms with Crippen LogP contribution in [0, 0.1) is 17.2 Å². The molecule has 0 fully saturated rings. The van der Waals surface area contributed by atoms with Gasteiger partial charge in [-0.25, -0.2) is 4.39 Å². The van der Waals surface area contributed by atoms with Crippen LogP contribution in [0.15, 0.2) is 18.2 Å². The number of benzene rings is 1. The first-order valence-corrected chi connectivity index (χ1v) is 7.56. The second-order valence-corrected chi connectivity index (χ2v) is 6.80. The van der Waals surface area contributed by atoms with Crippen LogP contribution in [0.2, 0.25) is 0 Å². The highest BCUT2D eigenvalue weighted by Gasteiger charge is 2.31. The van der Waals surface area contributed by atoms with Crippen LogP contribution in [0.3, 0.4) is 0 Å². The van der Waals surface area contributed by atoms with Gasteiger partial charge in [0.05, 0.1) is 0 Å². The van der Waals surface area contributed by atoms with Gasteiger partial charge in [-0.15, -0.1) is 0 Å². The van der Waals surface area contributed by atoms with E-state index in [9.17, 15) is 4.39 Å². The highest BCUT2D eigenvalue weighted by molar-refractivity contribution is 5.37. The molecular formula is C17H26FNO. The predicted molar refractivity (Wildman–Crippen MR) is 80.6 cm³/mol. The van der Waals surface area contributed by atoms with Gasteiger partial charge in [0, 0.05) is 12.0 Å². The number of nitrogens with one attached hydrogen (secondary N) is 1. The van der Waals surface area contributed by atoms with E-state index < -0.39 is 0 Å². The first-order chi connectivity index (χ1) is 9.40. The first kappa shape index (κ1) is 15.3. The van der Waals surface area contributed by atoms with Crippen molar-refractivity contribution >= 4 is 0 Å². The molecule has 0 saturated heterocycles. The average molecular weight is 279 g/mol. The topological polar surface area (TPSA) is 21.3 Å². The number of rotatable bonds is 5. The summed E-state index contributed by atoms with van der Waals surface area (Å²) in [6.45, 7) is 10.9. The van der Waals surface area contributed by atoms with Crippen LogP contribution in [0.25, 0.3) is 0 Å². The predicted octanol–water partition coefficient (Wildman–Crippen LogP) is 3.79. The molecule has 1 heterocycles. The smallest absolute Gasteiger partial charge is 0.123 e. The van der Waals surface area contributed by atoms with Gasteiger partial charge >= 0.3 is 0 Å². The first-order valence-electron chi connectivity index (χ1n) is 7.56. The molecule has 112 valence electrons. The summed E-state index contributed by atoms with van der Waals surface area (Å²) in [7, 11) is 0. The Bertz CT molecular complexity index is 453. The van der Waals surface area contributed by atoms with Gasteiger partial charge in [-0.05, 0) is 49.0 Å². The average Bonchev–Trinajstić information content (AvgIpc) is 2.74. The minimum atomic E-state index is -0.173. The summed E-state index contributed by atoms with van der Waals surface area (Å²) >= 11 is 0. The molecule has 1 aromatic rings. The van der Waals surface area contributed by atoms with E-state index in [0.717, 1.165) is 37.2 Å². The molecule has 20 heavy (non-hydrogen) atoms. The molecule has 0 amide bonds. The maximum Gasteiger partial charge on any atom is 0.123 e. The minimum Gasteiger partial charge on any atom is -0.490 e. The van der Waals surface area contributed by atoms with E-state index in [1.54, 1.807) is 12.1 Å². The summed E-state index contributed by atoms with van der Waals surface area (Å²) in [4.78, 5) is 0. The fourth-order valence-corrected chi connectivity index (χ4v) is 2.80. The summed E-state index contributed by atoms with van der Waals surface area (Å²) in [5.41, 5.74) is 1.25. The molecule has 2 rings (SSSR count). The van der Waals surface area contributed by atoms with E-state index in [0.29, 0.717) is 5.92 Å². The second kappa shape index (κ2) is 6.13. The molecular weight excluding hydrogens is 253 g/mol. The largest absolute Gasteiger partial charge is 0.490 e. The van der Waals surface area contributed by atoms with Crippen molar-refractivity contribution in [3.63, 3.8) is 0 Å². The molecule has 1 aromatic carbocycles. The minimum absolute atomic E-state index is 0.173. The lowest BCUT2D eigenvalue weighted by Gasteiger charge is -2.32. The van der Waals surface area contributed by atoms with E-state index in [-0.39, 0.29) is 17.3 Å². The normalized spacial score (nSPS) is 19.6. The van der Waals surface area contributed by atoms with Gasteiger partial charge in [0.15, 0.2) is 0 Å². The van der Waals surface area contributed by atoms with Crippen LogP contribution in [0.1, 0.15) is 39.7 Å².